The lowest BCUT2D eigenvalue weighted by Gasteiger charge is -2.22. The minimum absolute atomic E-state index is 0.0373. The molecule has 0 bridgehead atoms. The Kier molecular flexibility index (Phi) is 4.20. The van der Waals surface area contributed by atoms with Crippen LogP contribution in [0.3, 0.4) is 0 Å². The van der Waals surface area contributed by atoms with E-state index >= 15 is 0 Å². The van der Waals surface area contributed by atoms with E-state index in [1.807, 2.05) is 18.2 Å². The summed E-state index contributed by atoms with van der Waals surface area (Å²) in [6, 6.07) is 8.05. The first kappa shape index (κ1) is 14.3. The smallest absolute Gasteiger partial charge is 0.158 e. The lowest BCUT2D eigenvalue weighted by Crippen LogP contribution is -2.13. The molecule has 0 aliphatic rings. The van der Waals surface area contributed by atoms with Gasteiger partial charge in [-0.25, -0.2) is 10.8 Å². The van der Waals surface area contributed by atoms with Crippen LogP contribution in [0.1, 0.15) is 32.0 Å². The van der Waals surface area contributed by atoms with Gasteiger partial charge in [-0.05, 0) is 17.0 Å². The van der Waals surface area contributed by atoms with Gasteiger partial charge in [0.25, 0.3) is 0 Å². The van der Waals surface area contributed by atoms with Crippen LogP contribution in [0.2, 0.25) is 0 Å². The zero-order valence-electron chi connectivity index (χ0n) is 12.1. The Balaban J connectivity index is 2.10. The standard InChI is InChI=1S/C15H20N4O/c1-15(2,3)12-6-4-5-7-13(12)20-10-11-8-18-14(19-16)9-17-11/h4-9H,10,16H2,1-3H3,(H,18,19). The lowest BCUT2D eigenvalue weighted by atomic mass is 9.86. The fourth-order valence-corrected chi connectivity index (χ4v) is 1.87. The summed E-state index contributed by atoms with van der Waals surface area (Å²) in [5.41, 5.74) is 4.41. The Labute approximate surface area is 119 Å². The van der Waals surface area contributed by atoms with E-state index in [0.717, 1.165) is 11.4 Å². The van der Waals surface area contributed by atoms with Gasteiger partial charge in [0.2, 0.25) is 0 Å². The summed E-state index contributed by atoms with van der Waals surface area (Å²) >= 11 is 0. The molecule has 0 radical (unpaired) electrons. The number of para-hydroxylation sites is 1. The average Bonchev–Trinajstić information content (AvgIpc) is 2.45. The number of hydrogen-bond acceptors (Lipinski definition) is 5. The van der Waals surface area contributed by atoms with E-state index < -0.39 is 0 Å². The number of benzene rings is 1. The topological polar surface area (TPSA) is 73.1 Å². The van der Waals surface area contributed by atoms with Crippen molar-refractivity contribution in [1.82, 2.24) is 9.97 Å². The Morgan fingerprint density at radius 1 is 1.15 bits per heavy atom. The molecule has 2 aromatic rings. The van der Waals surface area contributed by atoms with Gasteiger partial charge in [0.15, 0.2) is 5.82 Å². The molecule has 106 valence electrons. The largest absolute Gasteiger partial charge is 0.487 e. The molecule has 0 aliphatic heterocycles. The second kappa shape index (κ2) is 5.88. The highest BCUT2D eigenvalue weighted by atomic mass is 16.5. The molecular weight excluding hydrogens is 252 g/mol. The van der Waals surface area contributed by atoms with Crippen molar-refractivity contribution in [2.75, 3.05) is 5.43 Å². The van der Waals surface area contributed by atoms with Gasteiger partial charge in [0.05, 0.1) is 18.1 Å². The zero-order valence-corrected chi connectivity index (χ0v) is 12.1. The van der Waals surface area contributed by atoms with E-state index in [1.165, 1.54) is 5.56 Å². The quantitative estimate of drug-likeness (QED) is 0.661. The van der Waals surface area contributed by atoms with Crippen molar-refractivity contribution in [3.8, 4) is 5.75 Å². The number of hydrogen-bond donors (Lipinski definition) is 2. The van der Waals surface area contributed by atoms with Crippen LogP contribution in [0.4, 0.5) is 5.82 Å². The van der Waals surface area contributed by atoms with Crippen molar-refractivity contribution in [1.29, 1.82) is 0 Å². The summed E-state index contributed by atoms with van der Waals surface area (Å²) in [5.74, 6) is 6.66. The van der Waals surface area contributed by atoms with Gasteiger partial charge in [-0.2, -0.15) is 0 Å². The fraction of sp³-hybridized carbons (Fsp3) is 0.333. The van der Waals surface area contributed by atoms with Gasteiger partial charge >= 0.3 is 0 Å². The van der Waals surface area contributed by atoms with Crippen molar-refractivity contribution in [2.24, 2.45) is 5.84 Å². The number of hydrazine groups is 1. The summed E-state index contributed by atoms with van der Waals surface area (Å²) in [6.07, 6.45) is 3.23. The third-order valence-corrected chi connectivity index (χ3v) is 2.92. The monoisotopic (exact) mass is 272 g/mol. The first-order chi connectivity index (χ1) is 9.50. The van der Waals surface area contributed by atoms with E-state index in [9.17, 15) is 0 Å². The van der Waals surface area contributed by atoms with Gasteiger partial charge in [-0.15, -0.1) is 0 Å². The van der Waals surface area contributed by atoms with Crippen LogP contribution in [0.5, 0.6) is 5.75 Å². The molecule has 0 fully saturated rings. The number of rotatable bonds is 4. The van der Waals surface area contributed by atoms with Crippen molar-refractivity contribution < 1.29 is 4.74 Å². The Morgan fingerprint density at radius 3 is 2.50 bits per heavy atom. The fourth-order valence-electron chi connectivity index (χ4n) is 1.87. The Morgan fingerprint density at radius 2 is 1.90 bits per heavy atom. The van der Waals surface area contributed by atoms with Crippen LogP contribution < -0.4 is 16.0 Å². The number of nitrogens with two attached hydrogens (primary N) is 1. The average molecular weight is 272 g/mol. The highest BCUT2D eigenvalue weighted by molar-refractivity contribution is 5.38. The van der Waals surface area contributed by atoms with Gasteiger partial charge in [0.1, 0.15) is 12.4 Å². The highest BCUT2D eigenvalue weighted by Crippen LogP contribution is 2.31. The summed E-state index contributed by atoms with van der Waals surface area (Å²) in [5, 5.41) is 0. The van der Waals surface area contributed by atoms with Crippen LogP contribution in [0.15, 0.2) is 36.7 Å². The van der Waals surface area contributed by atoms with E-state index in [2.05, 4.69) is 42.2 Å². The van der Waals surface area contributed by atoms with Crippen molar-refractivity contribution in [3.05, 3.63) is 47.9 Å². The second-order valence-corrected chi connectivity index (χ2v) is 5.57. The molecule has 1 aromatic heterocycles. The van der Waals surface area contributed by atoms with Crippen LogP contribution >= 0.6 is 0 Å². The summed E-state index contributed by atoms with van der Waals surface area (Å²) in [6.45, 7) is 6.87. The zero-order chi connectivity index (χ0) is 14.6. The highest BCUT2D eigenvalue weighted by Gasteiger charge is 2.18. The molecule has 0 spiro atoms. The molecule has 0 saturated carbocycles. The minimum Gasteiger partial charge on any atom is -0.487 e. The number of nitrogens with zero attached hydrogens (tertiary/aromatic N) is 2. The van der Waals surface area contributed by atoms with Gasteiger partial charge < -0.3 is 10.2 Å². The van der Waals surface area contributed by atoms with Crippen molar-refractivity contribution >= 4 is 5.82 Å². The van der Waals surface area contributed by atoms with E-state index in [1.54, 1.807) is 12.4 Å². The van der Waals surface area contributed by atoms with Gasteiger partial charge in [-0.1, -0.05) is 39.0 Å². The maximum atomic E-state index is 5.87. The molecule has 3 N–H and O–H groups in total. The Hall–Kier alpha value is -2.14. The summed E-state index contributed by atoms with van der Waals surface area (Å²) in [4.78, 5) is 8.33. The Bertz CT molecular complexity index is 561. The van der Waals surface area contributed by atoms with Crippen LogP contribution in [-0.2, 0) is 12.0 Å². The molecule has 0 atom stereocenters. The van der Waals surface area contributed by atoms with Crippen LogP contribution in [0.25, 0.3) is 0 Å². The molecule has 0 unspecified atom stereocenters. The molecule has 1 aromatic carbocycles. The van der Waals surface area contributed by atoms with E-state index in [-0.39, 0.29) is 5.41 Å². The molecule has 0 aliphatic carbocycles. The first-order valence-corrected chi connectivity index (χ1v) is 6.50. The lowest BCUT2D eigenvalue weighted by molar-refractivity contribution is 0.292. The van der Waals surface area contributed by atoms with Crippen LogP contribution in [-0.4, -0.2) is 9.97 Å². The molecule has 1 heterocycles. The molecule has 5 nitrogen and oxygen atoms in total. The maximum Gasteiger partial charge on any atom is 0.158 e. The number of aromatic nitrogens is 2. The predicted octanol–water partition coefficient (Wildman–Crippen LogP) is 2.64. The molecular formula is C15H20N4O. The molecule has 20 heavy (non-hydrogen) atoms. The third-order valence-electron chi connectivity index (χ3n) is 2.92. The molecule has 2 rings (SSSR count). The summed E-state index contributed by atoms with van der Waals surface area (Å²) in [7, 11) is 0. The SMILES string of the molecule is CC(C)(C)c1ccccc1OCc1cnc(NN)cn1. The number of ether oxygens (including phenoxy) is 1. The van der Waals surface area contributed by atoms with Gasteiger partial charge in [-0.3, -0.25) is 4.98 Å². The molecule has 0 amide bonds. The minimum atomic E-state index is 0.0373. The third kappa shape index (κ3) is 3.45. The number of anilines is 1. The van der Waals surface area contributed by atoms with E-state index in [4.69, 9.17) is 10.6 Å². The maximum absolute atomic E-state index is 5.87. The van der Waals surface area contributed by atoms with Crippen molar-refractivity contribution in [3.63, 3.8) is 0 Å². The molecule has 5 heteroatoms. The first-order valence-electron chi connectivity index (χ1n) is 6.50. The number of nitrogens with one attached hydrogen (secondary N) is 1. The molecule has 0 saturated heterocycles. The van der Waals surface area contributed by atoms with Crippen LogP contribution in [0, 0.1) is 0 Å². The second-order valence-electron chi connectivity index (χ2n) is 5.57. The normalized spacial score (nSPS) is 11.2. The van der Waals surface area contributed by atoms with Crippen molar-refractivity contribution in [2.45, 2.75) is 32.8 Å². The summed E-state index contributed by atoms with van der Waals surface area (Å²) < 4.78 is 5.87. The number of nitrogen functional groups attached to an aromatic ring is 1. The van der Waals surface area contributed by atoms with E-state index in [0.29, 0.717) is 12.4 Å². The van der Waals surface area contributed by atoms with Gasteiger partial charge in [0, 0.05) is 0 Å². The predicted molar refractivity (Wildman–Crippen MR) is 79.3 cm³/mol.